The third-order valence-electron chi connectivity index (χ3n) is 6.85. The number of aromatic nitrogens is 4. The topological polar surface area (TPSA) is 102 Å². The van der Waals surface area contributed by atoms with Crippen LogP contribution in [0.25, 0.3) is 27.8 Å². The van der Waals surface area contributed by atoms with Crippen LogP contribution in [0.4, 0.5) is 0 Å². The fraction of sp³-hybridized carbons (Fsp3) is 0.444. The van der Waals surface area contributed by atoms with Gasteiger partial charge in [0.05, 0.1) is 11.4 Å². The predicted molar refractivity (Wildman–Crippen MR) is 143 cm³/mol. The summed E-state index contributed by atoms with van der Waals surface area (Å²) in [6.07, 6.45) is 7.20. The van der Waals surface area contributed by atoms with Crippen molar-refractivity contribution in [3.05, 3.63) is 47.9 Å². The summed E-state index contributed by atoms with van der Waals surface area (Å²) in [6.45, 7) is 10.3. The number of nitrogens with zero attached hydrogens (tertiary/aromatic N) is 4. The molecule has 7 nitrogen and oxygen atoms in total. The number of fused-ring (bicyclic) bond motifs is 2. The Hall–Kier alpha value is -2.84. The minimum absolute atomic E-state index is 0.112. The SMILES string of the molecule is CC(C)c1c(-c2cc(O)c3ncnn3c2)[nH]c2ccc(C3CCC(=N[S+]([O-])C(C)(C)C)CC3)cc12. The van der Waals surface area contributed by atoms with Gasteiger partial charge in [-0.15, -0.1) is 0 Å². The smallest absolute Gasteiger partial charge is 0.197 e. The second-order valence-electron chi connectivity index (χ2n) is 10.8. The van der Waals surface area contributed by atoms with Gasteiger partial charge < -0.3 is 14.6 Å². The molecule has 8 heteroatoms. The number of hydrogen-bond acceptors (Lipinski definition) is 5. The molecule has 1 aliphatic rings. The molecule has 0 radical (unpaired) electrons. The molecule has 5 rings (SSSR count). The lowest BCUT2D eigenvalue weighted by Gasteiger charge is -2.25. The number of pyridine rings is 1. The van der Waals surface area contributed by atoms with E-state index >= 15 is 0 Å². The van der Waals surface area contributed by atoms with E-state index in [0.29, 0.717) is 17.5 Å². The largest absolute Gasteiger partial charge is 0.591 e. The van der Waals surface area contributed by atoms with Crippen molar-refractivity contribution < 1.29 is 9.66 Å². The number of benzene rings is 1. The van der Waals surface area contributed by atoms with E-state index in [0.717, 1.165) is 48.2 Å². The molecule has 0 spiro atoms. The number of aromatic amines is 1. The molecule has 1 aromatic carbocycles. The van der Waals surface area contributed by atoms with Crippen LogP contribution in [0.1, 0.15) is 83.3 Å². The first-order valence-electron chi connectivity index (χ1n) is 12.3. The Morgan fingerprint density at radius 1 is 1.20 bits per heavy atom. The van der Waals surface area contributed by atoms with Gasteiger partial charge in [-0.3, -0.25) is 0 Å². The van der Waals surface area contributed by atoms with E-state index in [1.807, 2.05) is 27.0 Å². The summed E-state index contributed by atoms with van der Waals surface area (Å²) in [5, 5.41) is 15.9. The minimum Gasteiger partial charge on any atom is -0.591 e. The molecule has 0 bridgehead atoms. The summed E-state index contributed by atoms with van der Waals surface area (Å²) in [7, 11) is 0. The summed E-state index contributed by atoms with van der Waals surface area (Å²) in [6, 6.07) is 8.49. The zero-order valence-electron chi connectivity index (χ0n) is 21.0. The fourth-order valence-electron chi connectivity index (χ4n) is 4.99. The average Bonchev–Trinajstić information content (AvgIpc) is 3.43. The van der Waals surface area contributed by atoms with E-state index in [1.54, 1.807) is 10.6 Å². The molecule has 184 valence electrons. The molecule has 3 heterocycles. The maximum absolute atomic E-state index is 12.4. The molecule has 0 aliphatic heterocycles. The Bertz CT molecular complexity index is 1400. The van der Waals surface area contributed by atoms with Crippen molar-refractivity contribution in [3.63, 3.8) is 0 Å². The summed E-state index contributed by atoms with van der Waals surface area (Å²) in [4.78, 5) is 7.71. The number of nitrogens with one attached hydrogen (secondary N) is 1. The molecule has 1 fully saturated rings. The summed E-state index contributed by atoms with van der Waals surface area (Å²) < 4.78 is 18.3. The van der Waals surface area contributed by atoms with Crippen LogP contribution in [-0.4, -0.2) is 39.7 Å². The monoisotopic (exact) mass is 491 g/mol. The molecule has 2 N–H and O–H groups in total. The van der Waals surface area contributed by atoms with E-state index < -0.39 is 11.4 Å². The van der Waals surface area contributed by atoms with Crippen LogP contribution in [0.3, 0.4) is 0 Å². The maximum Gasteiger partial charge on any atom is 0.197 e. The van der Waals surface area contributed by atoms with Crippen molar-refractivity contribution in [2.24, 2.45) is 4.40 Å². The number of rotatable bonds is 4. The lowest BCUT2D eigenvalue weighted by atomic mass is 9.82. The molecule has 1 aliphatic carbocycles. The van der Waals surface area contributed by atoms with Gasteiger partial charge in [0.25, 0.3) is 0 Å². The molecule has 1 unspecified atom stereocenters. The fourth-order valence-corrected chi connectivity index (χ4v) is 5.68. The standard InChI is InChI=1S/C27H33N5O2S/c1-16(2)24-21-12-18(17-6-9-20(10-7-17)31-35(34)27(3,4)5)8-11-22(21)30-25(24)19-13-23(33)26-28-15-29-32(26)14-19/h8,11-17,30,33H,6-7,9-10H2,1-5H3. The Labute approximate surface area is 209 Å². The molecule has 1 atom stereocenters. The van der Waals surface area contributed by atoms with Crippen molar-refractivity contribution in [1.29, 1.82) is 0 Å². The van der Waals surface area contributed by atoms with Gasteiger partial charge in [-0.1, -0.05) is 24.3 Å². The second kappa shape index (κ2) is 8.99. The first kappa shape index (κ1) is 23.9. The average molecular weight is 492 g/mol. The van der Waals surface area contributed by atoms with Gasteiger partial charge in [-0.2, -0.15) is 5.10 Å². The Kier molecular flexibility index (Phi) is 6.13. The van der Waals surface area contributed by atoms with Crippen LogP contribution in [0, 0.1) is 0 Å². The van der Waals surface area contributed by atoms with Crippen molar-refractivity contribution in [2.45, 2.75) is 76.9 Å². The first-order valence-corrected chi connectivity index (χ1v) is 13.4. The van der Waals surface area contributed by atoms with Crippen molar-refractivity contribution in [2.75, 3.05) is 0 Å². The number of H-pyrrole nitrogens is 1. The molecular formula is C27H33N5O2S. The molecule has 0 saturated heterocycles. The van der Waals surface area contributed by atoms with Gasteiger partial charge in [0.15, 0.2) is 11.4 Å². The molecule has 35 heavy (non-hydrogen) atoms. The van der Waals surface area contributed by atoms with Crippen LogP contribution in [0.15, 0.2) is 41.2 Å². The van der Waals surface area contributed by atoms with Crippen molar-refractivity contribution >= 4 is 33.6 Å². The molecule has 0 amide bonds. The highest BCUT2D eigenvalue weighted by Gasteiger charge is 2.29. The third kappa shape index (κ3) is 4.57. The third-order valence-corrected chi connectivity index (χ3v) is 8.33. The van der Waals surface area contributed by atoms with E-state index in [1.165, 1.54) is 22.8 Å². The summed E-state index contributed by atoms with van der Waals surface area (Å²) >= 11 is -1.19. The molecular weight excluding hydrogens is 458 g/mol. The summed E-state index contributed by atoms with van der Waals surface area (Å²) in [5.41, 5.74) is 7.09. The van der Waals surface area contributed by atoms with Crippen molar-refractivity contribution in [1.82, 2.24) is 19.6 Å². The van der Waals surface area contributed by atoms with Crippen LogP contribution < -0.4 is 0 Å². The molecule has 1 saturated carbocycles. The highest BCUT2D eigenvalue weighted by atomic mass is 32.2. The van der Waals surface area contributed by atoms with E-state index in [-0.39, 0.29) is 10.5 Å². The van der Waals surface area contributed by atoms with Crippen LogP contribution in [-0.2, 0) is 11.4 Å². The Morgan fingerprint density at radius 2 is 1.94 bits per heavy atom. The van der Waals surface area contributed by atoms with E-state index in [2.05, 4.69) is 51.5 Å². The van der Waals surface area contributed by atoms with Gasteiger partial charge in [0, 0.05) is 22.7 Å². The first-order chi connectivity index (χ1) is 16.6. The zero-order valence-corrected chi connectivity index (χ0v) is 21.8. The minimum atomic E-state index is -1.19. The summed E-state index contributed by atoms with van der Waals surface area (Å²) in [5.74, 6) is 0.872. The van der Waals surface area contributed by atoms with E-state index in [4.69, 9.17) is 0 Å². The van der Waals surface area contributed by atoms with Gasteiger partial charge in [0.2, 0.25) is 0 Å². The number of aromatic hydroxyl groups is 1. The Morgan fingerprint density at radius 3 is 2.63 bits per heavy atom. The molecule has 4 aromatic rings. The normalized spacial score (nSPS) is 18.0. The van der Waals surface area contributed by atoms with Crippen LogP contribution in [0.2, 0.25) is 0 Å². The Balaban J connectivity index is 1.47. The zero-order chi connectivity index (χ0) is 24.9. The highest BCUT2D eigenvalue weighted by Crippen LogP contribution is 2.40. The highest BCUT2D eigenvalue weighted by molar-refractivity contribution is 7.91. The maximum atomic E-state index is 12.4. The second-order valence-corrected chi connectivity index (χ2v) is 12.7. The van der Waals surface area contributed by atoms with Crippen LogP contribution >= 0.6 is 0 Å². The van der Waals surface area contributed by atoms with Gasteiger partial charge in [-0.05, 0) is 87.6 Å². The lowest BCUT2D eigenvalue weighted by molar-refractivity contribution is 0.477. The van der Waals surface area contributed by atoms with Gasteiger partial charge in [0.1, 0.15) is 22.4 Å². The lowest BCUT2D eigenvalue weighted by Crippen LogP contribution is -2.27. The van der Waals surface area contributed by atoms with Gasteiger partial charge >= 0.3 is 0 Å². The van der Waals surface area contributed by atoms with Gasteiger partial charge in [-0.25, -0.2) is 9.50 Å². The molecule has 3 aromatic heterocycles. The van der Waals surface area contributed by atoms with Crippen molar-refractivity contribution in [3.8, 4) is 17.0 Å². The van der Waals surface area contributed by atoms with E-state index in [9.17, 15) is 9.66 Å². The predicted octanol–water partition coefficient (Wildman–Crippen LogP) is 6.27. The van der Waals surface area contributed by atoms with Crippen LogP contribution in [0.5, 0.6) is 5.75 Å². The number of hydrogen-bond donors (Lipinski definition) is 2. The quantitative estimate of drug-likeness (QED) is 0.329.